The first kappa shape index (κ1) is 21.0. The summed E-state index contributed by atoms with van der Waals surface area (Å²) < 4.78 is 1.72. The van der Waals surface area contributed by atoms with Gasteiger partial charge in [0.2, 0.25) is 0 Å². The lowest BCUT2D eigenvalue weighted by Crippen LogP contribution is -2.31. The van der Waals surface area contributed by atoms with Crippen LogP contribution in [-0.2, 0) is 12.8 Å². The van der Waals surface area contributed by atoms with E-state index in [2.05, 4.69) is 31.8 Å². The number of fused-ring (bicyclic) bond motifs is 1. The highest BCUT2D eigenvalue weighted by atomic mass is 16.3. The number of rotatable bonds is 7. The van der Waals surface area contributed by atoms with Gasteiger partial charge in [0.05, 0.1) is 22.9 Å². The number of nitrogens with one attached hydrogen (secondary N) is 1. The topological polar surface area (TPSA) is 78.0 Å². The second-order valence-corrected chi connectivity index (χ2v) is 6.63. The molecule has 0 aliphatic rings. The Hall–Kier alpha value is -3.26. The number of aryl methyl sites for hydroxylation is 1. The Morgan fingerprint density at radius 1 is 1.39 bits per heavy atom. The molecule has 0 atom stereocenters. The molecule has 2 rings (SSSR count). The monoisotopic (exact) mass is 377 g/mol. The fourth-order valence-corrected chi connectivity index (χ4v) is 3.44. The molecule has 0 aliphatic carbocycles. The van der Waals surface area contributed by atoms with Crippen molar-refractivity contribution in [2.24, 2.45) is 0 Å². The molecule has 5 heteroatoms. The zero-order chi connectivity index (χ0) is 20.7. The minimum atomic E-state index is -0.225. The predicted molar refractivity (Wildman–Crippen MR) is 113 cm³/mol. The van der Waals surface area contributed by atoms with Crippen LogP contribution in [0.25, 0.3) is 10.9 Å². The SMILES string of the molecule is C=C/C=C(\C=C(/C)O)CNC(=O)n1c(CCC)c(CC)c2cc(C#N)ccc21. The van der Waals surface area contributed by atoms with Crippen LogP contribution in [0.5, 0.6) is 0 Å². The van der Waals surface area contributed by atoms with E-state index >= 15 is 0 Å². The maximum atomic E-state index is 13.1. The maximum Gasteiger partial charge on any atom is 0.326 e. The van der Waals surface area contributed by atoms with Crippen LogP contribution >= 0.6 is 0 Å². The molecule has 1 heterocycles. The zero-order valence-electron chi connectivity index (χ0n) is 16.7. The van der Waals surface area contributed by atoms with Crippen molar-refractivity contribution in [3.63, 3.8) is 0 Å². The Morgan fingerprint density at radius 3 is 2.71 bits per heavy atom. The first-order valence-electron chi connectivity index (χ1n) is 9.50. The Bertz CT molecular complexity index is 983. The molecule has 0 spiro atoms. The molecule has 28 heavy (non-hydrogen) atoms. The summed E-state index contributed by atoms with van der Waals surface area (Å²) in [7, 11) is 0. The molecule has 5 nitrogen and oxygen atoms in total. The molecule has 2 aromatic rings. The van der Waals surface area contributed by atoms with E-state index in [-0.39, 0.29) is 18.3 Å². The number of aromatic nitrogens is 1. The van der Waals surface area contributed by atoms with Crippen molar-refractivity contribution < 1.29 is 9.90 Å². The lowest BCUT2D eigenvalue weighted by molar-refractivity contribution is 0.243. The summed E-state index contributed by atoms with van der Waals surface area (Å²) in [6.07, 6.45) is 7.44. The number of hydrogen-bond acceptors (Lipinski definition) is 3. The average molecular weight is 377 g/mol. The van der Waals surface area contributed by atoms with Crippen LogP contribution in [-0.4, -0.2) is 22.2 Å². The van der Waals surface area contributed by atoms with Gasteiger partial charge >= 0.3 is 6.03 Å². The first-order chi connectivity index (χ1) is 13.5. The first-order valence-corrected chi connectivity index (χ1v) is 9.50. The number of aliphatic hydroxyl groups is 1. The predicted octanol–water partition coefficient (Wildman–Crippen LogP) is 5.16. The molecule has 0 fully saturated rings. The van der Waals surface area contributed by atoms with Crippen molar-refractivity contribution >= 4 is 16.9 Å². The quantitative estimate of drug-likeness (QED) is 0.517. The zero-order valence-corrected chi connectivity index (χ0v) is 16.7. The largest absolute Gasteiger partial charge is 0.513 e. The minimum absolute atomic E-state index is 0.165. The van der Waals surface area contributed by atoms with Crippen LogP contribution < -0.4 is 5.32 Å². The molecule has 0 saturated carbocycles. The van der Waals surface area contributed by atoms with Crippen molar-refractivity contribution in [3.8, 4) is 6.07 Å². The highest BCUT2D eigenvalue weighted by molar-refractivity contribution is 5.96. The molecule has 1 amide bonds. The number of aliphatic hydroxyl groups excluding tert-OH is 1. The van der Waals surface area contributed by atoms with Gasteiger partial charge in [0.25, 0.3) is 0 Å². The van der Waals surface area contributed by atoms with Crippen molar-refractivity contribution in [2.45, 2.75) is 40.0 Å². The summed E-state index contributed by atoms with van der Waals surface area (Å²) >= 11 is 0. The molecular formula is C23H27N3O2. The van der Waals surface area contributed by atoms with E-state index in [0.717, 1.165) is 47.0 Å². The molecule has 146 valence electrons. The third-order valence-corrected chi connectivity index (χ3v) is 4.52. The molecule has 0 aliphatic heterocycles. The molecular weight excluding hydrogens is 350 g/mol. The summed E-state index contributed by atoms with van der Waals surface area (Å²) in [5, 5.41) is 22.6. The summed E-state index contributed by atoms with van der Waals surface area (Å²) in [6, 6.07) is 7.39. The number of carbonyl (C=O) groups excluding carboxylic acids is 1. The summed E-state index contributed by atoms with van der Waals surface area (Å²) in [6.45, 7) is 9.67. The summed E-state index contributed by atoms with van der Waals surface area (Å²) in [5.74, 6) is 0.165. The van der Waals surface area contributed by atoms with Crippen LogP contribution in [0.2, 0.25) is 0 Å². The lowest BCUT2D eigenvalue weighted by Gasteiger charge is -2.12. The molecule has 0 unspecified atom stereocenters. The Morgan fingerprint density at radius 2 is 2.14 bits per heavy atom. The van der Waals surface area contributed by atoms with E-state index in [1.165, 1.54) is 0 Å². The molecule has 0 radical (unpaired) electrons. The van der Waals surface area contributed by atoms with Gasteiger partial charge < -0.3 is 10.4 Å². The Labute approximate surface area is 166 Å². The van der Waals surface area contributed by atoms with Crippen molar-refractivity contribution in [1.29, 1.82) is 5.26 Å². The highest BCUT2D eigenvalue weighted by Gasteiger charge is 2.20. The number of allylic oxidation sites excluding steroid dienone is 3. The van der Waals surface area contributed by atoms with Gasteiger partial charge in [-0.2, -0.15) is 5.26 Å². The van der Waals surface area contributed by atoms with E-state index in [1.807, 2.05) is 12.1 Å². The fourth-order valence-electron chi connectivity index (χ4n) is 3.44. The van der Waals surface area contributed by atoms with Crippen LogP contribution in [0.3, 0.4) is 0 Å². The maximum absolute atomic E-state index is 13.1. The average Bonchev–Trinajstić information content (AvgIpc) is 2.98. The summed E-state index contributed by atoms with van der Waals surface area (Å²) in [4.78, 5) is 13.1. The number of hydrogen-bond donors (Lipinski definition) is 2. The molecule has 0 saturated heterocycles. The van der Waals surface area contributed by atoms with Crippen molar-refractivity contribution in [2.75, 3.05) is 6.54 Å². The highest BCUT2D eigenvalue weighted by Crippen LogP contribution is 2.29. The van der Waals surface area contributed by atoms with E-state index in [9.17, 15) is 15.2 Å². The molecule has 0 bridgehead atoms. The smallest absolute Gasteiger partial charge is 0.326 e. The van der Waals surface area contributed by atoms with Crippen LogP contribution in [0, 0.1) is 11.3 Å². The van der Waals surface area contributed by atoms with Gasteiger partial charge in [-0.25, -0.2) is 4.79 Å². The lowest BCUT2D eigenvalue weighted by atomic mass is 10.0. The summed E-state index contributed by atoms with van der Waals surface area (Å²) in [5.41, 5.74) is 4.23. The molecule has 1 aromatic heterocycles. The second kappa shape index (κ2) is 9.61. The van der Waals surface area contributed by atoms with Crippen molar-refractivity contribution in [1.82, 2.24) is 9.88 Å². The van der Waals surface area contributed by atoms with Gasteiger partial charge in [-0.15, -0.1) is 0 Å². The van der Waals surface area contributed by atoms with Gasteiger partial charge in [0.15, 0.2) is 0 Å². The van der Waals surface area contributed by atoms with Gasteiger partial charge in [-0.05, 0) is 55.2 Å². The Balaban J connectivity index is 2.49. The van der Waals surface area contributed by atoms with Crippen molar-refractivity contribution in [3.05, 3.63) is 71.2 Å². The second-order valence-electron chi connectivity index (χ2n) is 6.63. The number of benzene rings is 1. The van der Waals surface area contributed by atoms with Gasteiger partial charge in [-0.1, -0.05) is 39.0 Å². The van der Waals surface area contributed by atoms with Gasteiger partial charge in [0.1, 0.15) is 0 Å². The number of amides is 1. The van der Waals surface area contributed by atoms with Crippen LogP contribution in [0.15, 0.2) is 54.3 Å². The van der Waals surface area contributed by atoms with E-state index in [4.69, 9.17) is 0 Å². The van der Waals surface area contributed by atoms with E-state index < -0.39 is 0 Å². The van der Waals surface area contributed by atoms with E-state index in [1.54, 1.807) is 35.8 Å². The standard InChI is InChI=1S/C23H27N3O2/c1-5-8-18(12-16(4)27)15-25-23(28)26-21(9-6-2)19(7-3)20-13-17(14-24)10-11-22(20)26/h5,8,10-13,27H,1,6-7,9,15H2,2-4H3,(H,25,28)/b16-12+,18-8+. The van der Waals surface area contributed by atoms with Crippen LogP contribution in [0.1, 0.15) is 44.0 Å². The third-order valence-electron chi connectivity index (χ3n) is 4.52. The number of nitriles is 1. The third kappa shape index (κ3) is 4.52. The normalized spacial score (nSPS) is 12.1. The minimum Gasteiger partial charge on any atom is -0.513 e. The van der Waals surface area contributed by atoms with Crippen LogP contribution in [0.4, 0.5) is 4.79 Å². The van der Waals surface area contributed by atoms with Gasteiger partial charge in [0, 0.05) is 17.6 Å². The Kier molecular flexibility index (Phi) is 7.22. The molecule has 2 N–H and O–H groups in total. The molecule has 1 aromatic carbocycles. The number of nitrogens with zero attached hydrogens (tertiary/aromatic N) is 2. The fraction of sp³-hybridized carbons (Fsp3) is 0.304. The number of carbonyl (C=O) groups is 1. The van der Waals surface area contributed by atoms with Gasteiger partial charge in [-0.3, -0.25) is 4.57 Å². The van der Waals surface area contributed by atoms with E-state index in [0.29, 0.717) is 5.56 Å².